The summed E-state index contributed by atoms with van der Waals surface area (Å²) >= 11 is 0. The van der Waals surface area contributed by atoms with Gasteiger partial charge < -0.3 is 9.80 Å². The van der Waals surface area contributed by atoms with Crippen molar-refractivity contribution in [1.82, 2.24) is 9.80 Å². The summed E-state index contributed by atoms with van der Waals surface area (Å²) in [6.45, 7) is 6.27. The highest BCUT2D eigenvalue weighted by molar-refractivity contribution is 5.91. The van der Waals surface area contributed by atoms with Crippen LogP contribution in [0.15, 0.2) is 0 Å². The highest BCUT2D eigenvalue weighted by Crippen LogP contribution is 2.30. The van der Waals surface area contributed by atoms with Crippen molar-refractivity contribution in [1.29, 1.82) is 0 Å². The summed E-state index contributed by atoms with van der Waals surface area (Å²) in [5.74, 6) is 0.501. The molecule has 0 saturated carbocycles. The van der Waals surface area contributed by atoms with Gasteiger partial charge in [0.2, 0.25) is 5.91 Å². The zero-order chi connectivity index (χ0) is 12.6. The molecule has 2 aliphatic rings. The minimum atomic E-state index is -0.280. The van der Waals surface area contributed by atoms with Crippen molar-refractivity contribution in [3.05, 3.63) is 0 Å². The normalized spacial score (nSPS) is 26.5. The second-order valence-electron chi connectivity index (χ2n) is 6.03. The van der Waals surface area contributed by atoms with E-state index in [-0.39, 0.29) is 23.1 Å². The first-order valence-corrected chi connectivity index (χ1v) is 6.42. The molecule has 4 heteroatoms. The number of carbonyl (C=O) groups is 2. The van der Waals surface area contributed by atoms with Crippen LogP contribution in [0, 0.1) is 5.92 Å². The summed E-state index contributed by atoms with van der Waals surface area (Å²) < 4.78 is 0. The minimum Gasteiger partial charge on any atom is -0.330 e. The van der Waals surface area contributed by atoms with Crippen molar-refractivity contribution in [2.45, 2.75) is 38.6 Å². The molecule has 4 nitrogen and oxygen atoms in total. The number of hydrogen-bond donors (Lipinski definition) is 0. The van der Waals surface area contributed by atoms with E-state index in [0.29, 0.717) is 13.0 Å². The van der Waals surface area contributed by atoms with Gasteiger partial charge in [0.25, 0.3) is 0 Å². The van der Waals surface area contributed by atoms with Crippen LogP contribution in [0.5, 0.6) is 0 Å². The lowest BCUT2D eigenvalue weighted by atomic mass is 9.93. The second-order valence-corrected chi connectivity index (χ2v) is 6.03. The Kier molecular flexibility index (Phi) is 3.25. The van der Waals surface area contributed by atoms with E-state index in [4.69, 9.17) is 0 Å². The van der Waals surface area contributed by atoms with E-state index in [1.165, 1.54) is 0 Å². The van der Waals surface area contributed by atoms with Crippen molar-refractivity contribution in [3.8, 4) is 0 Å². The Morgan fingerprint density at radius 3 is 2.35 bits per heavy atom. The van der Waals surface area contributed by atoms with Crippen LogP contribution < -0.4 is 0 Å². The van der Waals surface area contributed by atoms with Crippen LogP contribution in [0.2, 0.25) is 0 Å². The van der Waals surface area contributed by atoms with E-state index in [1.54, 1.807) is 4.90 Å². The molecule has 2 rings (SSSR count). The Morgan fingerprint density at radius 2 is 1.88 bits per heavy atom. The van der Waals surface area contributed by atoms with Gasteiger partial charge in [-0.1, -0.05) is 0 Å². The maximum Gasteiger partial charge on any atom is 0.226 e. The summed E-state index contributed by atoms with van der Waals surface area (Å²) in [7, 11) is 2.09. The average Bonchev–Trinajstić information content (AvgIpc) is 2.52. The zero-order valence-electron chi connectivity index (χ0n) is 11.0. The SMILES string of the molecule is CN1CCC(C(=O)N2CC(=O)CC2(C)C)CC1. The first-order valence-electron chi connectivity index (χ1n) is 6.42. The smallest absolute Gasteiger partial charge is 0.226 e. The quantitative estimate of drug-likeness (QED) is 0.681. The molecule has 0 N–H and O–H groups in total. The second kappa shape index (κ2) is 4.41. The van der Waals surface area contributed by atoms with Crippen molar-refractivity contribution in [3.63, 3.8) is 0 Å². The summed E-state index contributed by atoms with van der Waals surface area (Å²) in [4.78, 5) is 28.0. The van der Waals surface area contributed by atoms with Gasteiger partial charge in [0.15, 0.2) is 5.78 Å². The molecule has 2 saturated heterocycles. The van der Waals surface area contributed by atoms with Gasteiger partial charge in [-0.3, -0.25) is 9.59 Å². The molecule has 2 fully saturated rings. The highest BCUT2D eigenvalue weighted by Gasteiger charge is 2.42. The van der Waals surface area contributed by atoms with E-state index < -0.39 is 0 Å². The summed E-state index contributed by atoms with van der Waals surface area (Å²) in [5.41, 5.74) is -0.280. The molecule has 1 amide bonds. The van der Waals surface area contributed by atoms with Gasteiger partial charge in [0.05, 0.1) is 6.54 Å². The number of hydrogen-bond acceptors (Lipinski definition) is 3. The lowest BCUT2D eigenvalue weighted by molar-refractivity contribution is -0.140. The molecule has 2 aliphatic heterocycles. The molecule has 0 aromatic rings. The third-order valence-corrected chi connectivity index (χ3v) is 4.03. The molecular weight excluding hydrogens is 216 g/mol. The van der Waals surface area contributed by atoms with Gasteiger partial charge in [-0.15, -0.1) is 0 Å². The summed E-state index contributed by atoms with van der Waals surface area (Å²) in [6, 6.07) is 0. The van der Waals surface area contributed by atoms with Crippen molar-refractivity contribution >= 4 is 11.7 Å². The van der Waals surface area contributed by atoms with E-state index in [0.717, 1.165) is 25.9 Å². The van der Waals surface area contributed by atoms with Gasteiger partial charge in [0.1, 0.15) is 0 Å². The van der Waals surface area contributed by atoms with E-state index in [1.807, 2.05) is 13.8 Å². The van der Waals surface area contributed by atoms with Crippen LogP contribution in [0.3, 0.4) is 0 Å². The van der Waals surface area contributed by atoms with Crippen LogP contribution in [-0.2, 0) is 9.59 Å². The largest absolute Gasteiger partial charge is 0.330 e. The van der Waals surface area contributed by atoms with Gasteiger partial charge in [-0.05, 0) is 46.8 Å². The minimum absolute atomic E-state index is 0.122. The zero-order valence-corrected chi connectivity index (χ0v) is 11.0. The lowest BCUT2D eigenvalue weighted by Gasteiger charge is -2.36. The first-order chi connectivity index (χ1) is 7.90. The molecular formula is C13H22N2O2. The molecule has 0 radical (unpaired) electrons. The number of ketones is 1. The van der Waals surface area contributed by atoms with Crippen molar-refractivity contribution < 1.29 is 9.59 Å². The van der Waals surface area contributed by atoms with Crippen LogP contribution >= 0.6 is 0 Å². The molecule has 0 unspecified atom stereocenters. The van der Waals surface area contributed by atoms with E-state index in [9.17, 15) is 9.59 Å². The fourth-order valence-corrected chi connectivity index (χ4v) is 2.88. The van der Waals surface area contributed by atoms with Crippen molar-refractivity contribution in [2.24, 2.45) is 5.92 Å². The van der Waals surface area contributed by atoms with Crippen LogP contribution in [-0.4, -0.2) is 53.7 Å². The van der Waals surface area contributed by atoms with Gasteiger partial charge >= 0.3 is 0 Å². The molecule has 2 heterocycles. The van der Waals surface area contributed by atoms with E-state index in [2.05, 4.69) is 11.9 Å². The van der Waals surface area contributed by atoms with E-state index >= 15 is 0 Å². The summed E-state index contributed by atoms with van der Waals surface area (Å²) in [6.07, 6.45) is 2.36. The third kappa shape index (κ3) is 2.51. The monoisotopic (exact) mass is 238 g/mol. The fourth-order valence-electron chi connectivity index (χ4n) is 2.88. The molecule has 0 aromatic carbocycles. The Morgan fingerprint density at radius 1 is 1.29 bits per heavy atom. The van der Waals surface area contributed by atoms with Crippen LogP contribution in [0.1, 0.15) is 33.1 Å². The Balaban J connectivity index is 2.02. The van der Waals surface area contributed by atoms with Gasteiger partial charge in [0, 0.05) is 17.9 Å². The average molecular weight is 238 g/mol. The number of likely N-dealkylation sites (tertiary alicyclic amines) is 2. The molecule has 96 valence electrons. The molecule has 0 spiro atoms. The maximum absolute atomic E-state index is 12.4. The lowest BCUT2D eigenvalue weighted by Crippen LogP contribution is -2.47. The number of nitrogens with zero attached hydrogens (tertiary/aromatic N) is 2. The predicted octanol–water partition coefficient (Wildman–Crippen LogP) is 0.908. The van der Waals surface area contributed by atoms with Crippen LogP contribution in [0.4, 0.5) is 0 Å². The molecule has 0 aliphatic carbocycles. The van der Waals surface area contributed by atoms with Gasteiger partial charge in [-0.2, -0.15) is 0 Å². The number of piperidine rings is 1. The first kappa shape index (κ1) is 12.6. The topological polar surface area (TPSA) is 40.6 Å². The molecule has 17 heavy (non-hydrogen) atoms. The fraction of sp³-hybridized carbons (Fsp3) is 0.846. The van der Waals surface area contributed by atoms with Gasteiger partial charge in [-0.25, -0.2) is 0 Å². The number of Topliss-reactive ketones (excluding diaryl/α,β-unsaturated/α-hetero) is 1. The third-order valence-electron chi connectivity index (χ3n) is 4.03. The number of amides is 1. The molecule has 0 bridgehead atoms. The maximum atomic E-state index is 12.4. The Labute approximate surface area is 103 Å². The highest BCUT2D eigenvalue weighted by atomic mass is 16.2. The summed E-state index contributed by atoms with van der Waals surface area (Å²) in [5, 5.41) is 0. The number of carbonyl (C=O) groups excluding carboxylic acids is 2. The predicted molar refractivity (Wildman–Crippen MR) is 65.6 cm³/mol. The van der Waals surface area contributed by atoms with Crippen molar-refractivity contribution in [2.75, 3.05) is 26.7 Å². The molecule has 0 aromatic heterocycles. The Bertz CT molecular complexity index is 330. The number of rotatable bonds is 1. The standard InChI is InChI=1S/C13H22N2O2/c1-13(2)8-11(16)9-15(13)12(17)10-4-6-14(3)7-5-10/h10H,4-9H2,1-3H3. The Hall–Kier alpha value is -0.900. The molecule has 0 atom stereocenters. The van der Waals surface area contributed by atoms with Crippen LogP contribution in [0.25, 0.3) is 0 Å².